The highest BCUT2D eigenvalue weighted by atomic mass is 35.5. The van der Waals surface area contributed by atoms with E-state index in [1.54, 1.807) is 0 Å². The average Bonchev–Trinajstić information content (AvgIpc) is 2.53. The molecule has 0 spiro atoms. The van der Waals surface area contributed by atoms with Gasteiger partial charge in [-0.05, 0) is 32.2 Å². The molecule has 0 aliphatic carbocycles. The van der Waals surface area contributed by atoms with Gasteiger partial charge in [-0.3, -0.25) is 4.68 Å². The van der Waals surface area contributed by atoms with Gasteiger partial charge in [0.05, 0.1) is 16.4 Å². The van der Waals surface area contributed by atoms with Crippen LogP contribution in [0.4, 0.5) is 0 Å². The summed E-state index contributed by atoms with van der Waals surface area (Å²) in [7, 11) is 1.97. The van der Waals surface area contributed by atoms with Gasteiger partial charge in [-0.2, -0.15) is 5.10 Å². The minimum Gasteiger partial charge on any atom is -0.314 e. The van der Waals surface area contributed by atoms with Crippen molar-refractivity contribution in [2.75, 3.05) is 6.54 Å². The van der Waals surface area contributed by atoms with E-state index in [1.165, 1.54) is 12.8 Å². The summed E-state index contributed by atoms with van der Waals surface area (Å²) in [5.41, 5.74) is 2.07. The molecule has 18 heavy (non-hydrogen) atoms. The first-order valence-corrected chi connectivity index (χ1v) is 7.24. The second kappa shape index (κ2) is 7.15. The van der Waals surface area contributed by atoms with Gasteiger partial charge in [-0.1, -0.05) is 32.4 Å². The molecule has 0 fully saturated rings. The number of likely N-dealkylation sites (N-methyl/N-ethyl adjacent to an activating group) is 1. The van der Waals surface area contributed by atoms with Crippen molar-refractivity contribution in [2.45, 2.75) is 53.0 Å². The third-order valence-electron chi connectivity index (χ3n) is 3.29. The predicted octanol–water partition coefficient (Wildman–Crippen LogP) is 3.34. The molecule has 1 N–H and O–H groups in total. The quantitative estimate of drug-likeness (QED) is 0.824. The van der Waals surface area contributed by atoms with Crippen LogP contribution in [0.5, 0.6) is 0 Å². The smallest absolute Gasteiger partial charge is 0.0847 e. The zero-order valence-electron chi connectivity index (χ0n) is 12.3. The van der Waals surface area contributed by atoms with Gasteiger partial charge in [-0.25, -0.2) is 0 Å². The predicted molar refractivity (Wildman–Crippen MR) is 78.2 cm³/mol. The Balaban J connectivity index is 2.70. The maximum absolute atomic E-state index is 6.31. The first-order valence-electron chi connectivity index (χ1n) is 6.87. The Morgan fingerprint density at radius 1 is 1.33 bits per heavy atom. The zero-order chi connectivity index (χ0) is 13.7. The highest BCUT2D eigenvalue weighted by Gasteiger charge is 2.16. The molecule has 1 aromatic heterocycles. The Bertz CT molecular complexity index is 371. The van der Waals surface area contributed by atoms with Crippen LogP contribution in [0.1, 0.15) is 45.0 Å². The molecule has 104 valence electrons. The third-order valence-corrected chi connectivity index (χ3v) is 3.78. The molecule has 4 heteroatoms. The highest BCUT2D eigenvalue weighted by molar-refractivity contribution is 6.31. The third kappa shape index (κ3) is 4.29. The van der Waals surface area contributed by atoms with E-state index < -0.39 is 0 Å². The van der Waals surface area contributed by atoms with Gasteiger partial charge in [0.1, 0.15) is 0 Å². The van der Waals surface area contributed by atoms with E-state index in [9.17, 15) is 0 Å². The molecule has 1 unspecified atom stereocenters. The Morgan fingerprint density at radius 2 is 2.00 bits per heavy atom. The summed E-state index contributed by atoms with van der Waals surface area (Å²) in [5, 5.41) is 8.75. The lowest BCUT2D eigenvalue weighted by atomic mass is 10.00. The molecule has 0 saturated carbocycles. The number of rotatable bonds is 7. The van der Waals surface area contributed by atoms with E-state index in [4.69, 9.17) is 11.6 Å². The first-order chi connectivity index (χ1) is 8.45. The van der Waals surface area contributed by atoms with Gasteiger partial charge in [0, 0.05) is 19.5 Å². The van der Waals surface area contributed by atoms with Crippen molar-refractivity contribution < 1.29 is 0 Å². The number of nitrogens with zero attached hydrogens (tertiary/aromatic N) is 2. The van der Waals surface area contributed by atoms with Gasteiger partial charge in [0.25, 0.3) is 0 Å². The van der Waals surface area contributed by atoms with Crippen LogP contribution in [0.2, 0.25) is 5.02 Å². The maximum atomic E-state index is 6.31. The fraction of sp³-hybridized carbons (Fsp3) is 0.786. The Labute approximate surface area is 116 Å². The van der Waals surface area contributed by atoms with E-state index in [0.29, 0.717) is 6.04 Å². The van der Waals surface area contributed by atoms with Gasteiger partial charge >= 0.3 is 0 Å². The summed E-state index contributed by atoms with van der Waals surface area (Å²) in [6.07, 6.45) is 3.38. The van der Waals surface area contributed by atoms with Crippen LogP contribution >= 0.6 is 11.6 Å². The van der Waals surface area contributed by atoms with Crippen LogP contribution in [0.15, 0.2) is 0 Å². The summed E-state index contributed by atoms with van der Waals surface area (Å²) >= 11 is 6.31. The highest BCUT2D eigenvalue weighted by Crippen LogP contribution is 2.22. The van der Waals surface area contributed by atoms with Crippen molar-refractivity contribution in [3.8, 4) is 0 Å². The van der Waals surface area contributed by atoms with E-state index in [2.05, 4.69) is 31.2 Å². The van der Waals surface area contributed by atoms with Crippen LogP contribution in [0.25, 0.3) is 0 Å². The van der Waals surface area contributed by atoms with Gasteiger partial charge in [-0.15, -0.1) is 0 Å². The molecule has 3 nitrogen and oxygen atoms in total. The number of halogens is 1. The molecule has 0 aromatic carbocycles. The standard InChI is InChI=1S/C14H26ClN3/c1-6-16-12(8-7-10(2)3)9-13-14(15)11(4)17-18(13)5/h10,12,16H,6-9H2,1-5H3. The summed E-state index contributed by atoms with van der Waals surface area (Å²) in [5.74, 6) is 0.745. The van der Waals surface area contributed by atoms with Crippen LogP contribution in [-0.2, 0) is 13.5 Å². The number of hydrogen-bond donors (Lipinski definition) is 1. The Morgan fingerprint density at radius 3 is 2.44 bits per heavy atom. The number of hydrogen-bond acceptors (Lipinski definition) is 2. The molecule has 1 rings (SSSR count). The Kier molecular flexibility index (Phi) is 6.16. The minimum atomic E-state index is 0.490. The second-order valence-corrected chi connectivity index (χ2v) is 5.78. The van der Waals surface area contributed by atoms with Crippen LogP contribution in [0.3, 0.4) is 0 Å². The van der Waals surface area contributed by atoms with Crippen LogP contribution < -0.4 is 5.32 Å². The van der Waals surface area contributed by atoms with Crippen LogP contribution in [0, 0.1) is 12.8 Å². The summed E-state index contributed by atoms with van der Waals surface area (Å²) in [6, 6.07) is 0.490. The second-order valence-electron chi connectivity index (χ2n) is 5.40. The maximum Gasteiger partial charge on any atom is 0.0847 e. The first kappa shape index (κ1) is 15.5. The lowest BCUT2D eigenvalue weighted by Gasteiger charge is -2.19. The monoisotopic (exact) mass is 271 g/mol. The van der Waals surface area contributed by atoms with E-state index in [1.807, 2.05) is 18.7 Å². The van der Waals surface area contributed by atoms with Gasteiger partial charge in [0.2, 0.25) is 0 Å². The fourth-order valence-electron chi connectivity index (χ4n) is 2.23. The molecule has 0 amide bonds. The number of aromatic nitrogens is 2. The summed E-state index contributed by atoms with van der Waals surface area (Å²) in [4.78, 5) is 0. The average molecular weight is 272 g/mol. The molecule has 0 saturated heterocycles. The topological polar surface area (TPSA) is 29.9 Å². The summed E-state index contributed by atoms with van der Waals surface area (Å²) < 4.78 is 1.91. The molecular weight excluding hydrogens is 246 g/mol. The minimum absolute atomic E-state index is 0.490. The van der Waals surface area contributed by atoms with E-state index >= 15 is 0 Å². The van der Waals surface area contributed by atoms with Crippen molar-refractivity contribution >= 4 is 11.6 Å². The van der Waals surface area contributed by atoms with Crippen LogP contribution in [-0.4, -0.2) is 22.4 Å². The summed E-state index contributed by atoms with van der Waals surface area (Å²) in [6.45, 7) is 9.65. The largest absolute Gasteiger partial charge is 0.314 e. The lowest BCUT2D eigenvalue weighted by molar-refractivity contribution is 0.427. The zero-order valence-corrected chi connectivity index (χ0v) is 13.0. The van der Waals surface area contributed by atoms with Crippen molar-refractivity contribution in [3.63, 3.8) is 0 Å². The molecule has 1 heterocycles. The Hall–Kier alpha value is -0.540. The van der Waals surface area contributed by atoms with Crippen molar-refractivity contribution in [1.29, 1.82) is 0 Å². The van der Waals surface area contributed by atoms with Crippen molar-refractivity contribution in [3.05, 3.63) is 16.4 Å². The molecule has 1 aromatic rings. The van der Waals surface area contributed by atoms with E-state index in [-0.39, 0.29) is 0 Å². The van der Waals surface area contributed by atoms with Crippen molar-refractivity contribution in [2.24, 2.45) is 13.0 Å². The fourth-order valence-corrected chi connectivity index (χ4v) is 2.47. The van der Waals surface area contributed by atoms with Gasteiger partial charge < -0.3 is 5.32 Å². The molecular formula is C14H26ClN3. The number of aryl methyl sites for hydroxylation is 2. The lowest BCUT2D eigenvalue weighted by Crippen LogP contribution is -2.32. The van der Waals surface area contributed by atoms with Crippen molar-refractivity contribution in [1.82, 2.24) is 15.1 Å². The molecule has 0 bridgehead atoms. The molecule has 0 aliphatic rings. The normalized spacial score (nSPS) is 13.3. The molecule has 1 atom stereocenters. The van der Waals surface area contributed by atoms with Gasteiger partial charge in [0.15, 0.2) is 0 Å². The van der Waals surface area contributed by atoms with E-state index in [0.717, 1.165) is 35.3 Å². The SMILES string of the molecule is CCNC(CCC(C)C)Cc1c(Cl)c(C)nn1C. The molecule has 0 radical (unpaired) electrons. The molecule has 0 aliphatic heterocycles. The number of nitrogens with one attached hydrogen (secondary N) is 1.